The molecule has 0 bridgehead atoms. The van der Waals surface area contributed by atoms with E-state index >= 15 is 0 Å². The minimum Gasteiger partial charge on any atom is -0.372 e. The first-order valence-electron chi connectivity index (χ1n) is 5.51. The summed E-state index contributed by atoms with van der Waals surface area (Å²) in [5.74, 6) is 0. The van der Waals surface area contributed by atoms with E-state index in [4.69, 9.17) is 15.4 Å². The van der Waals surface area contributed by atoms with E-state index in [1.165, 1.54) is 10.9 Å². The summed E-state index contributed by atoms with van der Waals surface area (Å²) in [6.45, 7) is 6.53. The van der Waals surface area contributed by atoms with E-state index in [0.29, 0.717) is 12.2 Å². The van der Waals surface area contributed by atoms with Crippen molar-refractivity contribution in [3.63, 3.8) is 0 Å². The van der Waals surface area contributed by atoms with Gasteiger partial charge >= 0.3 is 0 Å². The van der Waals surface area contributed by atoms with Crippen LogP contribution in [0.5, 0.6) is 0 Å². The van der Waals surface area contributed by atoms with Crippen LogP contribution >= 0.6 is 10.7 Å². The Hall–Kier alpha value is -0.590. The lowest BCUT2D eigenvalue weighted by Gasteiger charge is -2.09. The highest BCUT2D eigenvalue weighted by Crippen LogP contribution is 2.20. The normalized spacial score (nSPS) is 13.9. The lowest BCUT2D eigenvalue weighted by molar-refractivity contribution is 0.0474. The van der Waals surface area contributed by atoms with Crippen LogP contribution in [0.15, 0.2) is 11.1 Å². The maximum Gasteiger partial charge on any atom is 0.264 e. The molecule has 0 unspecified atom stereocenters. The molecule has 0 aromatic carbocycles. The van der Waals surface area contributed by atoms with Crippen LogP contribution in [0, 0.1) is 0 Å². The molecule has 17 heavy (non-hydrogen) atoms. The first kappa shape index (κ1) is 14.5. The number of rotatable bonds is 6. The molecule has 0 N–H and O–H groups in total. The molecule has 0 amide bonds. The van der Waals surface area contributed by atoms with E-state index in [1.807, 2.05) is 20.8 Å². The van der Waals surface area contributed by atoms with Crippen molar-refractivity contribution in [2.24, 2.45) is 0 Å². The molecule has 1 rings (SSSR count). The summed E-state index contributed by atoms with van der Waals surface area (Å²) >= 11 is 0. The molecule has 5 nitrogen and oxygen atoms in total. The summed E-state index contributed by atoms with van der Waals surface area (Å²) in [5, 5.41) is 4.13. The third-order valence-corrected chi connectivity index (χ3v) is 3.83. The smallest absolute Gasteiger partial charge is 0.264 e. The SMILES string of the molecule is CC[C@H](C)OCc1nn(CC)cc1S(=O)(=O)Cl. The second-order valence-electron chi connectivity index (χ2n) is 3.76. The van der Waals surface area contributed by atoms with E-state index in [2.05, 4.69) is 5.10 Å². The summed E-state index contributed by atoms with van der Waals surface area (Å²) in [5.41, 5.74) is 0.363. The maximum absolute atomic E-state index is 11.4. The van der Waals surface area contributed by atoms with Crippen LogP contribution in [0.4, 0.5) is 0 Å². The van der Waals surface area contributed by atoms with Gasteiger partial charge in [-0.05, 0) is 20.3 Å². The van der Waals surface area contributed by atoms with Crippen molar-refractivity contribution in [1.29, 1.82) is 0 Å². The molecule has 0 radical (unpaired) electrons. The summed E-state index contributed by atoms with van der Waals surface area (Å²) in [4.78, 5) is 0.0318. The molecule has 0 spiro atoms. The highest BCUT2D eigenvalue weighted by molar-refractivity contribution is 8.13. The van der Waals surface area contributed by atoms with Gasteiger partial charge in [0.1, 0.15) is 10.6 Å². The average Bonchev–Trinajstić information content (AvgIpc) is 2.68. The number of aryl methyl sites for hydroxylation is 1. The fourth-order valence-electron chi connectivity index (χ4n) is 1.25. The van der Waals surface area contributed by atoms with Gasteiger partial charge in [-0.2, -0.15) is 5.10 Å². The summed E-state index contributed by atoms with van der Waals surface area (Å²) < 4.78 is 29.7. The highest BCUT2D eigenvalue weighted by Gasteiger charge is 2.20. The van der Waals surface area contributed by atoms with E-state index in [-0.39, 0.29) is 17.6 Å². The number of hydrogen-bond acceptors (Lipinski definition) is 4. The van der Waals surface area contributed by atoms with Gasteiger partial charge in [0.15, 0.2) is 0 Å². The van der Waals surface area contributed by atoms with Crippen LogP contribution in [-0.4, -0.2) is 24.3 Å². The zero-order valence-corrected chi connectivity index (χ0v) is 11.8. The number of nitrogens with zero attached hydrogens (tertiary/aromatic N) is 2. The van der Waals surface area contributed by atoms with Gasteiger partial charge in [-0.3, -0.25) is 4.68 Å². The number of aromatic nitrogens is 2. The van der Waals surface area contributed by atoms with Gasteiger partial charge in [0.2, 0.25) is 0 Å². The third kappa shape index (κ3) is 3.97. The minimum atomic E-state index is -3.77. The van der Waals surface area contributed by atoms with Gasteiger partial charge in [-0.25, -0.2) is 8.42 Å². The largest absolute Gasteiger partial charge is 0.372 e. The van der Waals surface area contributed by atoms with E-state index in [9.17, 15) is 8.42 Å². The highest BCUT2D eigenvalue weighted by atomic mass is 35.7. The molecule has 0 aliphatic heterocycles. The Morgan fingerprint density at radius 2 is 2.18 bits per heavy atom. The first-order valence-corrected chi connectivity index (χ1v) is 7.82. The van der Waals surface area contributed by atoms with Crippen molar-refractivity contribution in [2.75, 3.05) is 0 Å². The Balaban J connectivity index is 2.93. The van der Waals surface area contributed by atoms with Gasteiger partial charge in [0.05, 0.1) is 12.7 Å². The number of hydrogen-bond donors (Lipinski definition) is 0. The lowest BCUT2D eigenvalue weighted by atomic mass is 10.3. The molecule has 1 atom stereocenters. The van der Waals surface area contributed by atoms with Crippen molar-refractivity contribution in [3.05, 3.63) is 11.9 Å². The zero-order valence-electron chi connectivity index (χ0n) is 10.2. The van der Waals surface area contributed by atoms with Crippen LogP contribution in [0.3, 0.4) is 0 Å². The second kappa shape index (κ2) is 5.84. The van der Waals surface area contributed by atoms with Gasteiger partial charge < -0.3 is 4.74 Å². The van der Waals surface area contributed by atoms with E-state index in [1.54, 1.807) is 0 Å². The predicted octanol–water partition coefficient (Wildman–Crippen LogP) is 2.15. The third-order valence-electron chi connectivity index (χ3n) is 2.47. The Kier molecular flexibility index (Phi) is 4.97. The molecule has 1 heterocycles. The lowest BCUT2D eigenvalue weighted by Crippen LogP contribution is -2.08. The fraction of sp³-hybridized carbons (Fsp3) is 0.700. The summed E-state index contributed by atoms with van der Waals surface area (Å²) in [7, 11) is 1.58. The summed E-state index contributed by atoms with van der Waals surface area (Å²) in [6, 6.07) is 0. The average molecular weight is 281 g/mol. The van der Waals surface area contributed by atoms with Gasteiger partial charge in [0.25, 0.3) is 9.05 Å². The molecule has 98 valence electrons. The molecular formula is C10H17ClN2O3S. The van der Waals surface area contributed by atoms with Crippen LogP contribution in [-0.2, 0) is 26.9 Å². The van der Waals surface area contributed by atoms with Crippen molar-refractivity contribution < 1.29 is 13.2 Å². The molecule has 0 saturated carbocycles. The molecule has 1 aromatic rings. The van der Waals surface area contributed by atoms with Crippen molar-refractivity contribution in [2.45, 2.75) is 51.3 Å². The van der Waals surface area contributed by atoms with Crippen molar-refractivity contribution in [3.8, 4) is 0 Å². The van der Waals surface area contributed by atoms with Gasteiger partial charge in [-0.1, -0.05) is 6.92 Å². The van der Waals surface area contributed by atoms with Crippen molar-refractivity contribution >= 4 is 19.7 Å². The van der Waals surface area contributed by atoms with Crippen LogP contribution in [0.2, 0.25) is 0 Å². The molecule has 0 aliphatic rings. The van der Waals surface area contributed by atoms with Gasteiger partial charge in [0, 0.05) is 23.4 Å². The minimum absolute atomic E-state index is 0.0318. The van der Waals surface area contributed by atoms with Crippen LogP contribution < -0.4 is 0 Å². The topological polar surface area (TPSA) is 61.2 Å². The zero-order chi connectivity index (χ0) is 13.1. The Labute approximate surface area is 106 Å². The molecule has 7 heteroatoms. The molecular weight excluding hydrogens is 264 g/mol. The number of halogens is 1. The first-order chi connectivity index (χ1) is 7.88. The maximum atomic E-state index is 11.4. The quantitative estimate of drug-likeness (QED) is 0.749. The molecule has 1 aromatic heterocycles. The fourth-order valence-corrected chi connectivity index (χ4v) is 2.26. The molecule has 0 saturated heterocycles. The van der Waals surface area contributed by atoms with Gasteiger partial charge in [-0.15, -0.1) is 0 Å². The monoisotopic (exact) mass is 280 g/mol. The second-order valence-corrected chi connectivity index (χ2v) is 6.30. The van der Waals surface area contributed by atoms with E-state index in [0.717, 1.165) is 6.42 Å². The van der Waals surface area contributed by atoms with E-state index < -0.39 is 9.05 Å². The Morgan fingerprint density at radius 3 is 2.65 bits per heavy atom. The van der Waals surface area contributed by atoms with Crippen LogP contribution in [0.1, 0.15) is 32.9 Å². The number of ether oxygens (including phenoxy) is 1. The molecule has 0 fully saturated rings. The Morgan fingerprint density at radius 1 is 1.53 bits per heavy atom. The standard InChI is InChI=1S/C10H17ClN2O3S/c1-4-8(3)16-7-9-10(17(11,14)15)6-13(5-2)12-9/h6,8H,4-5,7H2,1-3H3/t8-/m0/s1. The van der Waals surface area contributed by atoms with Crippen LogP contribution in [0.25, 0.3) is 0 Å². The predicted molar refractivity (Wildman–Crippen MR) is 65.5 cm³/mol. The Bertz CT molecular complexity index is 470. The summed E-state index contributed by atoms with van der Waals surface area (Å²) in [6.07, 6.45) is 2.35. The van der Waals surface area contributed by atoms with Crippen molar-refractivity contribution in [1.82, 2.24) is 9.78 Å². The molecule has 0 aliphatic carbocycles.